The first-order valence-electron chi connectivity index (χ1n) is 5.91. The molecule has 4 nitrogen and oxygen atoms in total. The molecule has 1 aliphatic carbocycles. The molecule has 1 aliphatic heterocycles. The van der Waals surface area contributed by atoms with Gasteiger partial charge in [0.05, 0.1) is 12.1 Å². The predicted molar refractivity (Wildman–Crippen MR) is 64.6 cm³/mol. The number of aliphatic hydroxyl groups is 1. The molecule has 2 aliphatic rings. The summed E-state index contributed by atoms with van der Waals surface area (Å²) in [6.45, 7) is 4.26. The smallest absolute Gasteiger partial charge is 0.239 e. The van der Waals surface area contributed by atoms with Crippen LogP contribution in [0.1, 0.15) is 26.2 Å². The number of rotatable bonds is 4. The number of nitrogens with zero attached hydrogens (tertiary/aromatic N) is 1. The Morgan fingerprint density at radius 3 is 2.62 bits per heavy atom. The lowest BCUT2D eigenvalue weighted by atomic mass is 10.1. The molecule has 0 aromatic rings. The molecule has 1 amide bonds. The molecule has 0 unspecified atom stereocenters. The van der Waals surface area contributed by atoms with Crippen LogP contribution in [0.3, 0.4) is 0 Å². The summed E-state index contributed by atoms with van der Waals surface area (Å²) in [7, 11) is 0. The predicted octanol–water partition coefficient (Wildman–Crippen LogP) is 0.389. The Labute approximate surface area is 103 Å². The summed E-state index contributed by atoms with van der Waals surface area (Å²) in [5, 5.41) is 12.4. The number of aliphatic hydroxyl groups excluding tert-OH is 1. The van der Waals surface area contributed by atoms with Gasteiger partial charge in [0.1, 0.15) is 0 Å². The minimum atomic E-state index is -0.349. The van der Waals surface area contributed by atoms with Crippen LogP contribution in [0.4, 0.5) is 0 Å². The first-order chi connectivity index (χ1) is 7.20. The molecule has 2 rings (SSSR count). The highest BCUT2D eigenvalue weighted by molar-refractivity contribution is 5.85. The monoisotopic (exact) mass is 248 g/mol. The normalized spacial score (nSPS) is 28.6. The molecular weight excluding hydrogens is 228 g/mol. The Balaban J connectivity index is 0.00000128. The molecule has 5 heteroatoms. The minimum absolute atomic E-state index is 0. The van der Waals surface area contributed by atoms with Gasteiger partial charge >= 0.3 is 0 Å². The van der Waals surface area contributed by atoms with Crippen LogP contribution in [0.2, 0.25) is 0 Å². The van der Waals surface area contributed by atoms with E-state index in [-0.39, 0.29) is 30.5 Å². The molecular formula is C11H21ClN2O2. The summed E-state index contributed by atoms with van der Waals surface area (Å²) >= 11 is 0. The van der Waals surface area contributed by atoms with Crippen LogP contribution in [0.15, 0.2) is 0 Å². The molecule has 0 aromatic carbocycles. The number of halogens is 1. The average molecular weight is 249 g/mol. The number of nitrogens with one attached hydrogen (secondary N) is 1. The van der Waals surface area contributed by atoms with Gasteiger partial charge in [-0.2, -0.15) is 0 Å². The fraction of sp³-hybridized carbons (Fsp3) is 0.909. The van der Waals surface area contributed by atoms with Crippen LogP contribution >= 0.6 is 12.4 Å². The van der Waals surface area contributed by atoms with E-state index in [0.29, 0.717) is 13.0 Å². The SMILES string of the molecule is CCN(CC1CC1)C(=O)[C@H]1C[C@H](O)CN1.Cl. The molecule has 2 N–H and O–H groups in total. The molecule has 0 bridgehead atoms. The van der Waals surface area contributed by atoms with E-state index < -0.39 is 0 Å². The Kier molecular flexibility index (Phi) is 5.02. The van der Waals surface area contributed by atoms with Gasteiger partial charge in [0, 0.05) is 19.6 Å². The molecule has 1 saturated carbocycles. The van der Waals surface area contributed by atoms with Crippen LogP contribution in [-0.2, 0) is 4.79 Å². The number of carbonyl (C=O) groups is 1. The van der Waals surface area contributed by atoms with E-state index in [1.807, 2.05) is 11.8 Å². The lowest BCUT2D eigenvalue weighted by molar-refractivity contribution is -0.133. The highest BCUT2D eigenvalue weighted by Gasteiger charge is 2.33. The van der Waals surface area contributed by atoms with Crippen LogP contribution < -0.4 is 5.32 Å². The van der Waals surface area contributed by atoms with Gasteiger partial charge in [0.15, 0.2) is 0 Å². The van der Waals surface area contributed by atoms with Crippen LogP contribution in [-0.4, -0.2) is 47.7 Å². The Bertz CT molecular complexity index is 246. The lowest BCUT2D eigenvalue weighted by Gasteiger charge is -2.24. The van der Waals surface area contributed by atoms with E-state index in [0.717, 1.165) is 19.0 Å². The summed E-state index contributed by atoms with van der Waals surface area (Å²) in [5.74, 6) is 0.904. The van der Waals surface area contributed by atoms with Crippen LogP contribution in [0.5, 0.6) is 0 Å². The van der Waals surface area contributed by atoms with E-state index in [9.17, 15) is 9.90 Å². The standard InChI is InChI=1S/C11H20N2O2.ClH/c1-2-13(7-8-3-4-8)11(15)10-5-9(14)6-12-10;/h8-10,12,14H,2-7H2,1H3;1H/t9-,10+;/m0./s1. The lowest BCUT2D eigenvalue weighted by Crippen LogP contribution is -2.44. The molecule has 0 aromatic heterocycles. The zero-order valence-electron chi connectivity index (χ0n) is 9.69. The second-order valence-electron chi connectivity index (χ2n) is 4.67. The molecule has 16 heavy (non-hydrogen) atoms. The summed E-state index contributed by atoms with van der Waals surface area (Å²) in [6, 6.07) is -0.154. The zero-order valence-corrected chi connectivity index (χ0v) is 10.5. The van der Waals surface area contributed by atoms with Crippen LogP contribution in [0, 0.1) is 5.92 Å². The van der Waals surface area contributed by atoms with Gasteiger partial charge < -0.3 is 15.3 Å². The maximum atomic E-state index is 12.0. The summed E-state index contributed by atoms with van der Waals surface area (Å²) < 4.78 is 0. The van der Waals surface area contributed by atoms with E-state index >= 15 is 0 Å². The fourth-order valence-corrected chi connectivity index (χ4v) is 2.11. The Morgan fingerprint density at radius 2 is 2.19 bits per heavy atom. The number of carbonyl (C=O) groups excluding carboxylic acids is 1. The van der Waals surface area contributed by atoms with Crippen molar-refractivity contribution >= 4 is 18.3 Å². The topological polar surface area (TPSA) is 52.6 Å². The summed E-state index contributed by atoms with van der Waals surface area (Å²) in [4.78, 5) is 14.0. The minimum Gasteiger partial charge on any atom is -0.392 e. The molecule has 0 spiro atoms. The van der Waals surface area contributed by atoms with Crippen molar-refractivity contribution in [2.75, 3.05) is 19.6 Å². The molecule has 0 radical (unpaired) electrons. The first kappa shape index (κ1) is 13.7. The third-order valence-electron chi connectivity index (χ3n) is 3.27. The van der Waals surface area contributed by atoms with E-state index in [4.69, 9.17) is 0 Å². The van der Waals surface area contributed by atoms with Gasteiger partial charge in [-0.15, -0.1) is 12.4 Å². The van der Waals surface area contributed by atoms with Crippen molar-refractivity contribution in [3.63, 3.8) is 0 Å². The molecule has 1 saturated heterocycles. The largest absolute Gasteiger partial charge is 0.392 e. The molecule has 94 valence electrons. The number of likely N-dealkylation sites (N-methyl/N-ethyl adjacent to an activating group) is 1. The van der Waals surface area contributed by atoms with Gasteiger partial charge in [-0.1, -0.05) is 0 Å². The summed E-state index contributed by atoms with van der Waals surface area (Å²) in [5.41, 5.74) is 0. The average Bonchev–Trinajstić information content (AvgIpc) is 2.95. The van der Waals surface area contributed by atoms with Crippen LogP contribution in [0.25, 0.3) is 0 Å². The zero-order chi connectivity index (χ0) is 10.8. The van der Waals surface area contributed by atoms with E-state index in [2.05, 4.69) is 5.32 Å². The highest BCUT2D eigenvalue weighted by Crippen LogP contribution is 2.30. The van der Waals surface area contributed by atoms with E-state index in [1.54, 1.807) is 0 Å². The maximum absolute atomic E-state index is 12.0. The maximum Gasteiger partial charge on any atom is 0.239 e. The van der Waals surface area contributed by atoms with Gasteiger partial charge in [-0.3, -0.25) is 4.79 Å². The fourth-order valence-electron chi connectivity index (χ4n) is 2.11. The second-order valence-corrected chi connectivity index (χ2v) is 4.67. The highest BCUT2D eigenvalue weighted by atomic mass is 35.5. The first-order valence-corrected chi connectivity index (χ1v) is 5.91. The van der Waals surface area contributed by atoms with Gasteiger partial charge in [-0.05, 0) is 32.1 Å². The van der Waals surface area contributed by atoms with Crippen molar-refractivity contribution in [2.24, 2.45) is 5.92 Å². The number of amides is 1. The van der Waals surface area contributed by atoms with Crippen molar-refractivity contribution in [3.8, 4) is 0 Å². The van der Waals surface area contributed by atoms with Gasteiger partial charge in [0.2, 0.25) is 5.91 Å². The number of β-amino-alcohol motifs (C(OH)–C–C–N with tert-alkyl or cyclic N) is 1. The molecule has 1 heterocycles. The third kappa shape index (κ3) is 3.34. The van der Waals surface area contributed by atoms with Crippen molar-refractivity contribution < 1.29 is 9.90 Å². The van der Waals surface area contributed by atoms with Crippen molar-refractivity contribution in [1.29, 1.82) is 0 Å². The summed E-state index contributed by atoms with van der Waals surface area (Å²) in [6.07, 6.45) is 2.76. The number of hydrogen-bond acceptors (Lipinski definition) is 3. The number of hydrogen-bond donors (Lipinski definition) is 2. The van der Waals surface area contributed by atoms with Crippen molar-refractivity contribution in [3.05, 3.63) is 0 Å². The molecule has 2 atom stereocenters. The Morgan fingerprint density at radius 1 is 1.50 bits per heavy atom. The Hall–Kier alpha value is -0.320. The quantitative estimate of drug-likeness (QED) is 0.757. The van der Waals surface area contributed by atoms with Crippen molar-refractivity contribution in [2.45, 2.75) is 38.3 Å². The second kappa shape index (κ2) is 5.84. The molecule has 2 fully saturated rings. The third-order valence-corrected chi connectivity index (χ3v) is 3.27. The van der Waals surface area contributed by atoms with Crippen molar-refractivity contribution in [1.82, 2.24) is 10.2 Å². The van der Waals surface area contributed by atoms with Gasteiger partial charge in [-0.25, -0.2) is 0 Å². The van der Waals surface area contributed by atoms with E-state index in [1.165, 1.54) is 12.8 Å². The van der Waals surface area contributed by atoms with Gasteiger partial charge in [0.25, 0.3) is 0 Å².